The molecule has 2 aromatic rings. The summed E-state index contributed by atoms with van der Waals surface area (Å²) in [5, 5.41) is 4.99. The summed E-state index contributed by atoms with van der Waals surface area (Å²) in [5.74, 6) is 0. The summed E-state index contributed by atoms with van der Waals surface area (Å²) in [6.07, 6.45) is 0. The van der Waals surface area contributed by atoms with E-state index in [0.29, 0.717) is 5.02 Å². The largest absolute Gasteiger partial charge is 0.277 e. The molecular formula is C14H12BrClN2. The van der Waals surface area contributed by atoms with Crippen molar-refractivity contribution in [2.24, 2.45) is 5.10 Å². The van der Waals surface area contributed by atoms with Crippen LogP contribution in [0.4, 0.5) is 5.69 Å². The van der Waals surface area contributed by atoms with E-state index in [4.69, 9.17) is 11.6 Å². The van der Waals surface area contributed by atoms with Crippen LogP contribution >= 0.6 is 27.5 Å². The maximum atomic E-state index is 6.04. The SMILES string of the molecule is C/C(=N/Nc1ccccc1Cl)c1ccccc1Br. The highest BCUT2D eigenvalue weighted by molar-refractivity contribution is 9.10. The molecule has 0 unspecified atom stereocenters. The second-order valence-corrected chi connectivity index (χ2v) is 5.03. The van der Waals surface area contributed by atoms with Crippen LogP contribution in [0.2, 0.25) is 5.02 Å². The molecule has 18 heavy (non-hydrogen) atoms. The molecule has 2 rings (SSSR count). The molecule has 0 atom stereocenters. The van der Waals surface area contributed by atoms with Gasteiger partial charge in [0, 0.05) is 10.0 Å². The highest BCUT2D eigenvalue weighted by Crippen LogP contribution is 2.21. The Morgan fingerprint density at radius 1 is 1.11 bits per heavy atom. The van der Waals surface area contributed by atoms with Gasteiger partial charge in [0.25, 0.3) is 0 Å². The van der Waals surface area contributed by atoms with Gasteiger partial charge in [0.1, 0.15) is 0 Å². The summed E-state index contributed by atoms with van der Waals surface area (Å²) < 4.78 is 1.02. The molecular weight excluding hydrogens is 312 g/mol. The van der Waals surface area contributed by atoms with Gasteiger partial charge in [-0.2, -0.15) is 5.10 Å². The molecule has 0 aliphatic carbocycles. The first-order valence-electron chi connectivity index (χ1n) is 5.48. The average Bonchev–Trinajstić information content (AvgIpc) is 2.38. The minimum Gasteiger partial charge on any atom is -0.277 e. The Bertz CT molecular complexity index is 582. The second kappa shape index (κ2) is 6.03. The van der Waals surface area contributed by atoms with E-state index < -0.39 is 0 Å². The monoisotopic (exact) mass is 322 g/mol. The normalized spacial score (nSPS) is 11.4. The Balaban J connectivity index is 2.20. The van der Waals surface area contributed by atoms with Gasteiger partial charge in [-0.3, -0.25) is 5.43 Å². The number of nitrogens with zero attached hydrogens (tertiary/aromatic N) is 1. The lowest BCUT2D eigenvalue weighted by Crippen LogP contribution is -2.00. The van der Waals surface area contributed by atoms with E-state index in [2.05, 4.69) is 26.5 Å². The van der Waals surface area contributed by atoms with Crippen LogP contribution in [0.15, 0.2) is 58.1 Å². The molecule has 0 aliphatic rings. The fourth-order valence-electron chi connectivity index (χ4n) is 1.51. The molecule has 4 heteroatoms. The van der Waals surface area contributed by atoms with Crippen molar-refractivity contribution >= 4 is 38.9 Å². The lowest BCUT2D eigenvalue weighted by Gasteiger charge is -2.06. The van der Waals surface area contributed by atoms with Crippen LogP contribution in [0.1, 0.15) is 12.5 Å². The fourth-order valence-corrected chi connectivity index (χ4v) is 2.26. The number of hydrogen-bond donors (Lipinski definition) is 1. The van der Waals surface area contributed by atoms with Gasteiger partial charge in [0.15, 0.2) is 0 Å². The zero-order valence-corrected chi connectivity index (χ0v) is 12.2. The molecule has 0 amide bonds. The van der Waals surface area contributed by atoms with Crippen LogP contribution in [0, 0.1) is 0 Å². The van der Waals surface area contributed by atoms with Crippen molar-refractivity contribution in [2.45, 2.75) is 6.92 Å². The van der Waals surface area contributed by atoms with Gasteiger partial charge in [0.2, 0.25) is 0 Å². The van der Waals surface area contributed by atoms with Crippen LogP contribution in [0.5, 0.6) is 0 Å². The standard InChI is InChI=1S/C14H12BrClN2/c1-10(11-6-2-3-7-12(11)15)17-18-14-9-5-4-8-13(14)16/h2-9,18H,1H3/b17-10-. The Kier molecular flexibility index (Phi) is 4.39. The first kappa shape index (κ1) is 13.1. The van der Waals surface area contributed by atoms with E-state index in [9.17, 15) is 0 Å². The predicted octanol–water partition coefficient (Wildman–Crippen LogP) is 4.94. The third-order valence-corrected chi connectivity index (χ3v) is 3.50. The summed E-state index contributed by atoms with van der Waals surface area (Å²) in [6, 6.07) is 15.5. The van der Waals surface area contributed by atoms with Gasteiger partial charge in [-0.25, -0.2) is 0 Å². The second-order valence-electron chi connectivity index (χ2n) is 3.77. The molecule has 92 valence electrons. The van der Waals surface area contributed by atoms with E-state index in [1.807, 2.05) is 55.5 Å². The molecule has 0 radical (unpaired) electrons. The minimum atomic E-state index is 0.654. The lowest BCUT2D eigenvalue weighted by molar-refractivity contribution is 1.32. The van der Waals surface area contributed by atoms with Crippen LogP contribution in [0.25, 0.3) is 0 Å². The highest BCUT2D eigenvalue weighted by Gasteiger charge is 2.02. The molecule has 0 fully saturated rings. The van der Waals surface area contributed by atoms with Crippen molar-refractivity contribution in [3.05, 3.63) is 63.6 Å². The highest BCUT2D eigenvalue weighted by atomic mass is 79.9. The van der Waals surface area contributed by atoms with Gasteiger partial charge < -0.3 is 0 Å². The zero-order chi connectivity index (χ0) is 13.0. The molecule has 0 spiro atoms. The number of nitrogens with one attached hydrogen (secondary N) is 1. The first-order valence-corrected chi connectivity index (χ1v) is 6.65. The summed E-state index contributed by atoms with van der Waals surface area (Å²) in [6.45, 7) is 1.95. The lowest BCUT2D eigenvalue weighted by atomic mass is 10.1. The van der Waals surface area contributed by atoms with Crippen molar-refractivity contribution in [2.75, 3.05) is 5.43 Å². The van der Waals surface area contributed by atoms with Crippen LogP contribution in [-0.4, -0.2) is 5.71 Å². The number of anilines is 1. The molecule has 2 nitrogen and oxygen atoms in total. The molecule has 0 saturated carbocycles. The van der Waals surface area contributed by atoms with E-state index >= 15 is 0 Å². The Hall–Kier alpha value is -1.32. The van der Waals surface area contributed by atoms with E-state index in [1.165, 1.54) is 0 Å². The van der Waals surface area contributed by atoms with Gasteiger partial charge in [-0.05, 0) is 25.1 Å². The molecule has 2 aromatic carbocycles. The number of benzene rings is 2. The molecule has 0 bridgehead atoms. The third kappa shape index (κ3) is 3.12. The van der Waals surface area contributed by atoms with E-state index in [0.717, 1.165) is 21.4 Å². The Morgan fingerprint density at radius 3 is 2.50 bits per heavy atom. The molecule has 0 heterocycles. The van der Waals surface area contributed by atoms with Crippen LogP contribution < -0.4 is 5.43 Å². The number of halogens is 2. The number of para-hydroxylation sites is 1. The molecule has 0 aromatic heterocycles. The number of hydrogen-bond acceptors (Lipinski definition) is 2. The van der Waals surface area contributed by atoms with Crippen molar-refractivity contribution in [1.82, 2.24) is 0 Å². The molecule has 0 aliphatic heterocycles. The van der Waals surface area contributed by atoms with Crippen molar-refractivity contribution in [3.63, 3.8) is 0 Å². The topological polar surface area (TPSA) is 24.4 Å². The number of rotatable bonds is 3. The maximum Gasteiger partial charge on any atom is 0.0748 e. The number of hydrazone groups is 1. The van der Waals surface area contributed by atoms with Gasteiger partial charge >= 0.3 is 0 Å². The summed E-state index contributed by atoms with van der Waals surface area (Å²) >= 11 is 9.55. The van der Waals surface area contributed by atoms with E-state index in [1.54, 1.807) is 0 Å². The first-order chi connectivity index (χ1) is 8.68. The molecule has 0 saturated heterocycles. The smallest absolute Gasteiger partial charge is 0.0748 e. The van der Waals surface area contributed by atoms with Crippen molar-refractivity contribution in [3.8, 4) is 0 Å². The van der Waals surface area contributed by atoms with E-state index in [-0.39, 0.29) is 0 Å². The minimum absolute atomic E-state index is 0.654. The van der Waals surface area contributed by atoms with Gasteiger partial charge in [-0.1, -0.05) is 57.9 Å². The van der Waals surface area contributed by atoms with Crippen molar-refractivity contribution < 1.29 is 0 Å². The zero-order valence-electron chi connectivity index (χ0n) is 9.82. The summed E-state index contributed by atoms with van der Waals surface area (Å²) in [4.78, 5) is 0. The van der Waals surface area contributed by atoms with Crippen LogP contribution in [-0.2, 0) is 0 Å². The summed E-state index contributed by atoms with van der Waals surface area (Å²) in [7, 11) is 0. The fraction of sp³-hybridized carbons (Fsp3) is 0.0714. The van der Waals surface area contributed by atoms with Gasteiger partial charge in [-0.15, -0.1) is 0 Å². The third-order valence-electron chi connectivity index (χ3n) is 2.48. The Morgan fingerprint density at radius 2 is 1.78 bits per heavy atom. The Labute approximate surface area is 120 Å². The quantitative estimate of drug-likeness (QED) is 0.628. The maximum absolute atomic E-state index is 6.04. The van der Waals surface area contributed by atoms with Crippen LogP contribution in [0.3, 0.4) is 0 Å². The average molecular weight is 324 g/mol. The van der Waals surface area contributed by atoms with Gasteiger partial charge in [0.05, 0.1) is 16.4 Å². The predicted molar refractivity (Wildman–Crippen MR) is 81.4 cm³/mol. The molecule has 1 N–H and O–H groups in total. The summed E-state index contributed by atoms with van der Waals surface area (Å²) in [5.41, 5.74) is 5.71. The van der Waals surface area contributed by atoms with Crippen molar-refractivity contribution in [1.29, 1.82) is 0 Å².